The number of nitrogens with zero attached hydrogens (tertiary/aromatic N) is 2. The molecule has 22 aromatic carbocycles. The van der Waals surface area contributed by atoms with Gasteiger partial charge in [-0.1, -0.05) is 449 Å². The molecule has 2 nitrogen and oxygen atoms in total. The molecule has 0 radical (unpaired) electrons. The van der Waals surface area contributed by atoms with Crippen LogP contribution in [0.5, 0.6) is 0 Å². The molecule has 22 aromatic rings. The molecule has 24 rings (SSSR count). The summed E-state index contributed by atoms with van der Waals surface area (Å²) in [7, 11) is 0. The molecule has 0 unspecified atom stereocenters. The molecule has 128 heavy (non-hydrogen) atoms. The standard InChI is InChI=1S/C126H84N2/c1-7-33-85(34-8-1)93-37-31-38-94(81-93)91-71-75-102(76-72-91)128(104-78-80-112-110-54-28-30-60-118(110)126(120(112)84-104,99-45-15-5-16-46-99)100-47-17-6-18-48-100)124-116-58-26-22-52-108(116)106-50-20-24-56-114(106)122(124)96-40-32-39-95(82-96)90-67-65-87(66-68-90)86-61-63-88(64-62-86)89-69-73-101(74-70-89)127(123-115-57-25-21-51-107(115)105-49-19-23-55-113(105)121(123)92-35-9-2-10-36-92)103-77-79-111-109-53-27-29-59-117(109)125(119(111)83-103,97-41-11-3-12-42-97)98-43-13-4-14-44-98/h1-84H. The number of anilines is 6. The number of rotatable bonds is 17. The largest absolute Gasteiger partial charge is 0.309 e. The van der Waals surface area contributed by atoms with Crippen molar-refractivity contribution in [2.24, 2.45) is 0 Å². The van der Waals surface area contributed by atoms with Gasteiger partial charge in [-0.3, -0.25) is 0 Å². The first-order valence-corrected chi connectivity index (χ1v) is 44.4. The third-order valence-electron chi connectivity index (χ3n) is 27.2. The zero-order chi connectivity index (χ0) is 84.6. The van der Waals surface area contributed by atoms with Crippen LogP contribution in [0, 0.1) is 0 Å². The van der Waals surface area contributed by atoms with Crippen LogP contribution in [0.4, 0.5) is 34.1 Å². The van der Waals surface area contributed by atoms with Crippen molar-refractivity contribution in [3.63, 3.8) is 0 Å². The van der Waals surface area contributed by atoms with Crippen LogP contribution in [-0.4, -0.2) is 0 Å². The van der Waals surface area contributed by atoms with E-state index in [1.165, 1.54) is 121 Å². The van der Waals surface area contributed by atoms with Crippen molar-refractivity contribution < 1.29 is 0 Å². The molecule has 0 heterocycles. The number of hydrogen-bond donors (Lipinski definition) is 0. The van der Waals surface area contributed by atoms with E-state index in [1.54, 1.807) is 0 Å². The van der Waals surface area contributed by atoms with E-state index in [1.807, 2.05) is 0 Å². The minimum atomic E-state index is -0.627. The molecule has 0 saturated carbocycles. The summed E-state index contributed by atoms with van der Waals surface area (Å²) in [4.78, 5) is 5.12. The average molecular weight is 1630 g/mol. The van der Waals surface area contributed by atoms with Gasteiger partial charge in [0, 0.05) is 44.6 Å². The highest BCUT2D eigenvalue weighted by Crippen LogP contribution is 2.62. The fourth-order valence-corrected chi connectivity index (χ4v) is 21.5. The molecule has 0 N–H and O–H groups in total. The van der Waals surface area contributed by atoms with Crippen molar-refractivity contribution in [2.75, 3.05) is 9.80 Å². The van der Waals surface area contributed by atoms with Gasteiger partial charge in [0.25, 0.3) is 0 Å². The van der Waals surface area contributed by atoms with Gasteiger partial charge >= 0.3 is 0 Å². The zero-order valence-corrected chi connectivity index (χ0v) is 70.4. The summed E-state index contributed by atoms with van der Waals surface area (Å²) in [6.07, 6.45) is 0. The first-order valence-electron chi connectivity index (χ1n) is 44.4. The molecule has 0 saturated heterocycles. The van der Waals surface area contributed by atoms with Gasteiger partial charge < -0.3 is 9.80 Å². The Balaban J connectivity index is 0.608. The summed E-state index contributed by atoms with van der Waals surface area (Å²) in [5, 5.41) is 9.53. The van der Waals surface area contributed by atoms with Crippen molar-refractivity contribution in [2.45, 2.75) is 10.8 Å². The number of hydrogen-bond acceptors (Lipinski definition) is 2. The third-order valence-corrected chi connectivity index (χ3v) is 27.2. The molecule has 2 aliphatic rings. The Morgan fingerprint density at radius 1 is 0.133 bits per heavy atom. The molecule has 0 aromatic heterocycles. The van der Waals surface area contributed by atoms with E-state index >= 15 is 0 Å². The maximum absolute atomic E-state index is 2.57. The monoisotopic (exact) mass is 1620 g/mol. The Kier molecular flexibility index (Phi) is 18.4. The highest BCUT2D eigenvalue weighted by molar-refractivity contribution is 6.24. The Labute approximate surface area is 746 Å². The van der Waals surface area contributed by atoms with Crippen molar-refractivity contribution in [3.8, 4) is 100 Å². The van der Waals surface area contributed by atoms with Crippen molar-refractivity contribution in [1.82, 2.24) is 0 Å². The van der Waals surface area contributed by atoms with Gasteiger partial charge in [-0.2, -0.15) is 0 Å². The van der Waals surface area contributed by atoms with E-state index in [9.17, 15) is 0 Å². The predicted octanol–water partition coefficient (Wildman–Crippen LogP) is 33.6. The third kappa shape index (κ3) is 12.3. The summed E-state index contributed by atoms with van der Waals surface area (Å²) in [5.41, 5.74) is 36.3. The predicted molar refractivity (Wildman–Crippen MR) is 538 cm³/mol. The molecule has 2 heteroatoms. The van der Waals surface area contributed by atoms with Crippen LogP contribution in [0.25, 0.3) is 143 Å². The van der Waals surface area contributed by atoms with E-state index in [2.05, 4.69) is 519 Å². The van der Waals surface area contributed by atoms with Crippen molar-refractivity contribution >= 4 is 77.2 Å². The van der Waals surface area contributed by atoms with Gasteiger partial charge in [0.2, 0.25) is 0 Å². The average Bonchev–Trinajstić information content (AvgIpc) is 1.57. The van der Waals surface area contributed by atoms with Crippen LogP contribution in [0.2, 0.25) is 0 Å². The van der Waals surface area contributed by atoms with Crippen LogP contribution in [0.1, 0.15) is 44.5 Å². The highest BCUT2D eigenvalue weighted by atomic mass is 15.2. The molecule has 0 amide bonds. The second-order valence-corrected chi connectivity index (χ2v) is 34.0. The quantitative estimate of drug-likeness (QED) is 0.0839. The Bertz CT molecular complexity index is 7910. The Morgan fingerprint density at radius 3 is 0.734 bits per heavy atom. The van der Waals surface area contributed by atoms with Gasteiger partial charge in [-0.25, -0.2) is 0 Å². The van der Waals surface area contributed by atoms with Crippen LogP contribution in [0.15, 0.2) is 510 Å². The summed E-state index contributed by atoms with van der Waals surface area (Å²) in [6.45, 7) is 0. The maximum atomic E-state index is 2.57. The summed E-state index contributed by atoms with van der Waals surface area (Å²) < 4.78 is 0. The lowest BCUT2D eigenvalue weighted by atomic mass is 9.67. The zero-order valence-electron chi connectivity index (χ0n) is 70.4. The van der Waals surface area contributed by atoms with Crippen LogP contribution >= 0.6 is 0 Å². The molecule has 0 atom stereocenters. The lowest BCUT2D eigenvalue weighted by Gasteiger charge is -2.35. The van der Waals surface area contributed by atoms with Crippen molar-refractivity contribution in [3.05, 3.63) is 554 Å². The second kappa shape index (κ2) is 31.4. The van der Waals surface area contributed by atoms with E-state index in [0.717, 1.165) is 101 Å². The van der Waals surface area contributed by atoms with Gasteiger partial charge in [0.15, 0.2) is 0 Å². The molecular formula is C126H84N2. The lowest BCUT2D eigenvalue weighted by Crippen LogP contribution is -2.28. The van der Waals surface area contributed by atoms with Crippen LogP contribution < -0.4 is 9.80 Å². The summed E-state index contributed by atoms with van der Waals surface area (Å²) in [6, 6.07) is 190. The topological polar surface area (TPSA) is 6.48 Å². The van der Waals surface area contributed by atoms with Gasteiger partial charge in [-0.05, 0) is 227 Å². The Hall–Kier alpha value is -16.5. The van der Waals surface area contributed by atoms with Crippen LogP contribution in [-0.2, 0) is 10.8 Å². The molecule has 0 fully saturated rings. The number of benzene rings is 22. The minimum Gasteiger partial charge on any atom is -0.309 e. The van der Waals surface area contributed by atoms with E-state index < -0.39 is 10.8 Å². The summed E-state index contributed by atoms with van der Waals surface area (Å²) in [5.74, 6) is 0. The first kappa shape index (κ1) is 75.2. The lowest BCUT2D eigenvalue weighted by molar-refractivity contribution is 0.768. The van der Waals surface area contributed by atoms with Gasteiger partial charge in [0.05, 0.1) is 22.2 Å². The first-order chi connectivity index (χ1) is 63.5. The molecular weight excluding hydrogens is 1540 g/mol. The molecule has 0 aliphatic heterocycles. The fraction of sp³-hybridized carbons (Fsp3) is 0.0159. The highest BCUT2D eigenvalue weighted by Gasteiger charge is 2.48. The van der Waals surface area contributed by atoms with E-state index in [4.69, 9.17) is 0 Å². The maximum Gasteiger partial charge on any atom is 0.0714 e. The number of fused-ring (bicyclic) bond motifs is 12. The van der Waals surface area contributed by atoms with E-state index in [-0.39, 0.29) is 0 Å². The molecule has 0 spiro atoms. The summed E-state index contributed by atoms with van der Waals surface area (Å²) >= 11 is 0. The molecule has 598 valence electrons. The van der Waals surface area contributed by atoms with Gasteiger partial charge in [-0.15, -0.1) is 0 Å². The Morgan fingerprint density at radius 2 is 0.367 bits per heavy atom. The second-order valence-electron chi connectivity index (χ2n) is 34.0. The van der Waals surface area contributed by atoms with Crippen molar-refractivity contribution in [1.29, 1.82) is 0 Å². The minimum absolute atomic E-state index is 0.601. The molecule has 2 aliphatic carbocycles. The normalized spacial score (nSPS) is 12.7. The SMILES string of the molecule is c1ccc(-c2cccc(-c3ccc(N(c4ccc5c(c4)C(c4ccccc4)(c4ccccc4)c4ccccc4-5)c4c(-c5cccc(-c6ccc(-c7ccc(-c8ccc(N(c9ccc%10c(c9)C(c9ccccc9)(c9ccccc9)c9ccccc9-%10)c9c(-c%10ccccc%10)c%10ccccc%10c%10ccccc9%10)cc8)cc7)cc6)c5)c5ccccc5c5ccccc45)cc3)c2)cc1. The van der Waals surface area contributed by atoms with E-state index in [0.29, 0.717) is 0 Å². The fourth-order valence-electron chi connectivity index (χ4n) is 21.5. The smallest absolute Gasteiger partial charge is 0.0714 e. The van der Waals surface area contributed by atoms with Gasteiger partial charge in [0.1, 0.15) is 0 Å². The van der Waals surface area contributed by atoms with Crippen LogP contribution in [0.3, 0.4) is 0 Å². The molecule has 0 bridgehead atoms.